The maximum Gasteiger partial charge on any atom is 0.406 e. The van der Waals surface area contributed by atoms with Crippen molar-refractivity contribution in [3.8, 4) is 0 Å². The third kappa shape index (κ3) is 3.23. The van der Waals surface area contributed by atoms with Crippen molar-refractivity contribution in [2.45, 2.75) is 51.0 Å². The first-order valence-electron chi connectivity index (χ1n) is 7.44. The Hall–Kier alpha value is -1.64. The van der Waals surface area contributed by atoms with Crippen molar-refractivity contribution in [2.24, 2.45) is 0 Å². The van der Waals surface area contributed by atoms with E-state index in [1.165, 1.54) is 0 Å². The molecule has 2 aliphatic heterocycles. The summed E-state index contributed by atoms with van der Waals surface area (Å²) in [6.45, 7) is 0.166. The number of amides is 1. The molecule has 0 radical (unpaired) electrons. The van der Waals surface area contributed by atoms with Gasteiger partial charge in [-0.2, -0.15) is 13.2 Å². The minimum absolute atomic E-state index is 0.133. The monoisotopic (exact) mass is 317 g/mol. The number of aromatic nitrogens is 3. The minimum atomic E-state index is -4.35. The average molecular weight is 317 g/mol. The Balaban J connectivity index is 1.56. The standard InChI is InChI=1S/C13H18F3N5O/c14-13(15,16)8-20-6-4-9(12(20)22)17-7-11-19-18-10-3-1-2-5-21(10)11/h9,17H,1-8H2/t9-/m0/s1. The van der Waals surface area contributed by atoms with Gasteiger partial charge in [-0.25, -0.2) is 0 Å². The zero-order chi connectivity index (χ0) is 15.7. The van der Waals surface area contributed by atoms with Crippen LogP contribution in [0.2, 0.25) is 0 Å². The van der Waals surface area contributed by atoms with Crippen molar-refractivity contribution < 1.29 is 18.0 Å². The lowest BCUT2D eigenvalue weighted by Gasteiger charge is -2.19. The predicted molar refractivity (Wildman–Crippen MR) is 70.8 cm³/mol. The van der Waals surface area contributed by atoms with Crippen LogP contribution in [0.3, 0.4) is 0 Å². The second-order valence-electron chi connectivity index (χ2n) is 5.74. The van der Waals surface area contributed by atoms with Gasteiger partial charge in [0.15, 0.2) is 0 Å². The Morgan fingerprint density at radius 3 is 2.82 bits per heavy atom. The molecule has 1 fully saturated rings. The van der Waals surface area contributed by atoms with E-state index in [0.717, 1.165) is 42.4 Å². The summed E-state index contributed by atoms with van der Waals surface area (Å²) < 4.78 is 39.1. The van der Waals surface area contributed by atoms with Gasteiger partial charge in [-0.1, -0.05) is 0 Å². The van der Waals surface area contributed by atoms with E-state index in [4.69, 9.17) is 0 Å². The summed E-state index contributed by atoms with van der Waals surface area (Å²) in [6.07, 6.45) is -0.903. The van der Waals surface area contributed by atoms with Gasteiger partial charge >= 0.3 is 6.18 Å². The van der Waals surface area contributed by atoms with Crippen molar-refractivity contribution in [3.63, 3.8) is 0 Å². The van der Waals surface area contributed by atoms with Gasteiger partial charge in [0.25, 0.3) is 0 Å². The van der Waals surface area contributed by atoms with Crippen molar-refractivity contribution in [1.82, 2.24) is 25.0 Å². The number of likely N-dealkylation sites (tertiary alicyclic amines) is 1. The Labute approximate surface area is 125 Å². The van der Waals surface area contributed by atoms with E-state index in [1.807, 2.05) is 4.57 Å². The zero-order valence-corrected chi connectivity index (χ0v) is 12.1. The molecule has 1 N–H and O–H groups in total. The molecule has 0 spiro atoms. The molecule has 0 saturated carbocycles. The van der Waals surface area contributed by atoms with E-state index >= 15 is 0 Å². The van der Waals surface area contributed by atoms with Gasteiger partial charge in [-0.15, -0.1) is 10.2 Å². The fourth-order valence-electron chi connectivity index (χ4n) is 3.02. The molecule has 122 valence electrons. The number of hydrogen-bond donors (Lipinski definition) is 1. The lowest BCUT2D eigenvalue weighted by Crippen LogP contribution is -2.41. The Morgan fingerprint density at radius 2 is 2.05 bits per heavy atom. The molecule has 1 saturated heterocycles. The van der Waals surface area contributed by atoms with E-state index in [0.29, 0.717) is 13.0 Å². The molecule has 1 atom stereocenters. The normalized spacial score (nSPS) is 22.2. The highest BCUT2D eigenvalue weighted by Crippen LogP contribution is 2.21. The highest BCUT2D eigenvalue weighted by Gasteiger charge is 2.39. The Bertz CT molecular complexity index is 556. The first-order chi connectivity index (χ1) is 10.4. The number of rotatable bonds is 4. The van der Waals surface area contributed by atoms with Crippen LogP contribution in [0.5, 0.6) is 0 Å². The van der Waals surface area contributed by atoms with Crippen LogP contribution >= 0.6 is 0 Å². The summed E-state index contributed by atoms with van der Waals surface area (Å²) in [6, 6.07) is -0.570. The van der Waals surface area contributed by atoms with Crippen LogP contribution in [-0.4, -0.2) is 50.9 Å². The molecule has 0 aliphatic carbocycles. The number of aryl methyl sites for hydroxylation is 1. The number of alkyl halides is 3. The summed E-state index contributed by atoms with van der Waals surface area (Å²) in [5.74, 6) is 1.20. The van der Waals surface area contributed by atoms with Gasteiger partial charge in [0.05, 0.1) is 12.6 Å². The average Bonchev–Trinajstić information content (AvgIpc) is 3.01. The molecule has 1 aromatic heterocycles. The van der Waals surface area contributed by atoms with E-state index in [-0.39, 0.29) is 6.54 Å². The van der Waals surface area contributed by atoms with Gasteiger partial charge < -0.3 is 9.47 Å². The van der Waals surface area contributed by atoms with Crippen LogP contribution in [0, 0.1) is 0 Å². The largest absolute Gasteiger partial charge is 0.406 e. The molecule has 9 heteroatoms. The summed E-state index contributed by atoms with van der Waals surface area (Å²) >= 11 is 0. The number of fused-ring (bicyclic) bond motifs is 1. The smallest absolute Gasteiger partial charge is 0.332 e. The molecule has 1 amide bonds. The maximum absolute atomic E-state index is 12.4. The molecule has 3 heterocycles. The first kappa shape index (κ1) is 15.3. The summed E-state index contributed by atoms with van der Waals surface area (Å²) in [4.78, 5) is 12.8. The molecule has 3 rings (SSSR count). The van der Waals surface area contributed by atoms with E-state index in [2.05, 4.69) is 15.5 Å². The number of nitrogens with one attached hydrogen (secondary N) is 1. The Kier molecular flexibility index (Phi) is 4.07. The van der Waals surface area contributed by atoms with Crippen LogP contribution in [0.25, 0.3) is 0 Å². The van der Waals surface area contributed by atoms with Crippen molar-refractivity contribution in [3.05, 3.63) is 11.6 Å². The molecule has 6 nitrogen and oxygen atoms in total. The summed E-state index contributed by atoms with van der Waals surface area (Å²) in [7, 11) is 0. The van der Waals surface area contributed by atoms with Gasteiger partial charge in [-0.3, -0.25) is 10.1 Å². The molecule has 1 aromatic rings. The molecule has 22 heavy (non-hydrogen) atoms. The number of carbonyl (C=O) groups excluding carboxylic acids is 1. The minimum Gasteiger partial charge on any atom is -0.332 e. The van der Waals surface area contributed by atoms with Crippen LogP contribution < -0.4 is 5.32 Å². The predicted octanol–water partition coefficient (Wildman–Crippen LogP) is 0.867. The van der Waals surface area contributed by atoms with Gasteiger partial charge in [0, 0.05) is 19.5 Å². The lowest BCUT2D eigenvalue weighted by molar-refractivity contribution is -0.158. The van der Waals surface area contributed by atoms with Crippen LogP contribution in [0.4, 0.5) is 13.2 Å². The molecule has 0 unspecified atom stereocenters. The fraction of sp³-hybridized carbons (Fsp3) is 0.769. The molecular formula is C13H18F3N5O. The molecular weight excluding hydrogens is 299 g/mol. The van der Waals surface area contributed by atoms with Crippen LogP contribution in [0.1, 0.15) is 30.9 Å². The topological polar surface area (TPSA) is 63.1 Å². The van der Waals surface area contributed by atoms with Crippen molar-refractivity contribution >= 4 is 5.91 Å². The second kappa shape index (κ2) is 5.86. The zero-order valence-electron chi connectivity index (χ0n) is 12.1. The SMILES string of the molecule is O=C1[C@@H](NCc2nnc3n2CCCC3)CCN1CC(F)(F)F. The first-order valence-corrected chi connectivity index (χ1v) is 7.44. The van der Waals surface area contributed by atoms with E-state index < -0.39 is 24.7 Å². The highest BCUT2D eigenvalue weighted by atomic mass is 19.4. The second-order valence-corrected chi connectivity index (χ2v) is 5.74. The number of hydrogen-bond acceptors (Lipinski definition) is 4. The number of nitrogens with zero attached hydrogens (tertiary/aromatic N) is 4. The number of halogens is 3. The Morgan fingerprint density at radius 1 is 1.23 bits per heavy atom. The van der Waals surface area contributed by atoms with E-state index in [9.17, 15) is 18.0 Å². The van der Waals surface area contributed by atoms with E-state index in [1.54, 1.807) is 0 Å². The molecule has 2 aliphatic rings. The van der Waals surface area contributed by atoms with Gasteiger partial charge in [0.1, 0.15) is 18.2 Å². The quantitative estimate of drug-likeness (QED) is 0.895. The maximum atomic E-state index is 12.4. The molecule has 0 bridgehead atoms. The highest BCUT2D eigenvalue weighted by molar-refractivity contribution is 5.84. The van der Waals surface area contributed by atoms with Crippen molar-refractivity contribution in [2.75, 3.05) is 13.1 Å². The molecule has 0 aromatic carbocycles. The summed E-state index contributed by atoms with van der Waals surface area (Å²) in [5, 5.41) is 11.2. The van der Waals surface area contributed by atoms with Gasteiger partial charge in [-0.05, 0) is 19.3 Å². The van der Waals surface area contributed by atoms with Crippen LogP contribution in [0.15, 0.2) is 0 Å². The fourth-order valence-corrected chi connectivity index (χ4v) is 3.02. The van der Waals surface area contributed by atoms with Crippen molar-refractivity contribution in [1.29, 1.82) is 0 Å². The van der Waals surface area contributed by atoms with Crippen LogP contribution in [-0.2, 0) is 24.3 Å². The number of carbonyl (C=O) groups is 1. The third-order valence-electron chi connectivity index (χ3n) is 4.11. The lowest BCUT2D eigenvalue weighted by atomic mass is 10.1. The van der Waals surface area contributed by atoms with Gasteiger partial charge in [0.2, 0.25) is 5.91 Å². The summed E-state index contributed by atoms with van der Waals surface area (Å²) in [5.41, 5.74) is 0. The third-order valence-corrected chi connectivity index (χ3v) is 4.11.